The number of carbonyl (C=O) groups excluding carboxylic acids is 1. The third-order valence-corrected chi connectivity index (χ3v) is 4.17. The van der Waals surface area contributed by atoms with Gasteiger partial charge in [0.25, 0.3) is 0 Å². The van der Waals surface area contributed by atoms with E-state index in [0.717, 1.165) is 18.7 Å². The highest BCUT2D eigenvalue weighted by Gasteiger charge is 2.09. The first kappa shape index (κ1) is 17.0. The molecule has 23 heavy (non-hydrogen) atoms. The lowest BCUT2D eigenvalue weighted by Crippen LogP contribution is -2.30. The highest BCUT2D eigenvalue weighted by molar-refractivity contribution is 5.76. The van der Waals surface area contributed by atoms with Crippen LogP contribution in [0.4, 0.5) is 5.69 Å². The highest BCUT2D eigenvalue weighted by Crippen LogP contribution is 2.17. The molecule has 1 amide bonds. The summed E-state index contributed by atoms with van der Waals surface area (Å²) in [6, 6.07) is 10.2. The highest BCUT2D eigenvalue weighted by atomic mass is 16.2. The van der Waals surface area contributed by atoms with E-state index in [-0.39, 0.29) is 5.91 Å². The van der Waals surface area contributed by atoms with Crippen molar-refractivity contribution >= 4 is 11.6 Å². The maximum Gasteiger partial charge on any atom is 0.224 e. The van der Waals surface area contributed by atoms with Crippen molar-refractivity contribution < 1.29 is 4.79 Å². The number of anilines is 1. The summed E-state index contributed by atoms with van der Waals surface area (Å²) in [4.78, 5) is 18.0. The van der Waals surface area contributed by atoms with Gasteiger partial charge in [0.1, 0.15) is 0 Å². The topological polar surface area (TPSA) is 45.2 Å². The molecule has 122 valence electrons. The van der Waals surface area contributed by atoms with E-state index in [1.54, 1.807) is 17.3 Å². The van der Waals surface area contributed by atoms with Crippen LogP contribution in [0.15, 0.2) is 42.7 Å². The Hall–Kier alpha value is -2.36. The van der Waals surface area contributed by atoms with Crippen LogP contribution in [-0.2, 0) is 11.2 Å². The molecule has 0 spiro atoms. The Morgan fingerprint density at radius 3 is 2.65 bits per heavy atom. The summed E-state index contributed by atoms with van der Waals surface area (Å²) in [5.41, 5.74) is 4.81. The number of amides is 1. The molecule has 0 radical (unpaired) electrons. The molecule has 0 saturated heterocycles. The van der Waals surface area contributed by atoms with Crippen LogP contribution in [0, 0.1) is 13.8 Å². The molecule has 0 aliphatic heterocycles. The fourth-order valence-electron chi connectivity index (χ4n) is 2.41. The molecule has 0 fully saturated rings. The van der Waals surface area contributed by atoms with Crippen LogP contribution in [0.3, 0.4) is 0 Å². The van der Waals surface area contributed by atoms with Gasteiger partial charge in [0.05, 0.1) is 0 Å². The van der Waals surface area contributed by atoms with Crippen molar-refractivity contribution in [1.29, 1.82) is 0 Å². The van der Waals surface area contributed by atoms with E-state index < -0.39 is 0 Å². The van der Waals surface area contributed by atoms with Crippen molar-refractivity contribution in [3.63, 3.8) is 0 Å². The van der Waals surface area contributed by atoms with E-state index in [2.05, 4.69) is 36.3 Å². The Labute approximate surface area is 138 Å². The first-order valence-corrected chi connectivity index (χ1v) is 8.01. The van der Waals surface area contributed by atoms with Gasteiger partial charge < -0.3 is 10.2 Å². The number of likely N-dealkylation sites (N-methyl/N-ethyl adjacent to an activating group) is 1. The van der Waals surface area contributed by atoms with Crippen LogP contribution >= 0.6 is 0 Å². The van der Waals surface area contributed by atoms with E-state index >= 15 is 0 Å². The van der Waals surface area contributed by atoms with E-state index in [4.69, 9.17) is 0 Å². The van der Waals surface area contributed by atoms with Gasteiger partial charge in [-0.3, -0.25) is 9.78 Å². The maximum absolute atomic E-state index is 12.2. The lowest BCUT2D eigenvalue weighted by molar-refractivity contribution is -0.129. The molecule has 4 heteroatoms. The molecule has 0 atom stereocenters. The summed E-state index contributed by atoms with van der Waals surface area (Å²) in [6.07, 6.45) is 4.92. The van der Waals surface area contributed by atoms with Crippen molar-refractivity contribution in [2.45, 2.75) is 26.7 Å². The largest absolute Gasteiger partial charge is 0.384 e. The van der Waals surface area contributed by atoms with Gasteiger partial charge in [-0.1, -0.05) is 12.1 Å². The summed E-state index contributed by atoms with van der Waals surface area (Å²) in [6.45, 7) is 5.58. The van der Waals surface area contributed by atoms with Crippen molar-refractivity contribution in [3.05, 3.63) is 59.4 Å². The molecule has 4 nitrogen and oxygen atoms in total. The second-order valence-corrected chi connectivity index (χ2v) is 5.85. The number of nitrogens with one attached hydrogen (secondary N) is 1. The average Bonchev–Trinajstić information content (AvgIpc) is 2.57. The smallest absolute Gasteiger partial charge is 0.224 e. The van der Waals surface area contributed by atoms with Crippen molar-refractivity contribution in [2.24, 2.45) is 0 Å². The number of benzene rings is 1. The quantitative estimate of drug-likeness (QED) is 0.854. The lowest BCUT2D eigenvalue weighted by Gasteiger charge is -2.18. The lowest BCUT2D eigenvalue weighted by atomic mass is 10.1. The van der Waals surface area contributed by atoms with Gasteiger partial charge in [-0.15, -0.1) is 0 Å². The number of aromatic nitrogens is 1. The molecule has 0 unspecified atom stereocenters. The van der Waals surface area contributed by atoms with Gasteiger partial charge >= 0.3 is 0 Å². The summed E-state index contributed by atoms with van der Waals surface area (Å²) in [7, 11) is 1.86. The van der Waals surface area contributed by atoms with Gasteiger partial charge in [0.15, 0.2) is 0 Å². The van der Waals surface area contributed by atoms with Crippen molar-refractivity contribution in [3.8, 4) is 0 Å². The van der Waals surface area contributed by atoms with E-state index in [0.29, 0.717) is 13.0 Å². The molecular formula is C19H25N3O. The summed E-state index contributed by atoms with van der Waals surface area (Å²) < 4.78 is 0. The summed E-state index contributed by atoms with van der Waals surface area (Å²) in [5.74, 6) is 0.164. The third kappa shape index (κ3) is 5.09. The number of hydrogen-bond donors (Lipinski definition) is 1. The van der Waals surface area contributed by atoms with E-state index in [9.17, 15) is 4.79 Å². The monoisotopic (exact) mass is 311 g/mol. The normalized spacial score (nSPS) is 10.4. The first-order chi connectivity index (χ1) is 11.1. The minimum atomic E-state index is 0.164. The second kappa shape index (κ2) is 8.32. The van der Waals surface area contributed by atoms with Gasteiger partial charge in [-0.2, -0.15) is 0 Å². The predicted octanol–water partition coefficient (Wildman–Crippen LogP) is 3.20. The van der Waals surface area contributed by atoms with Gasteiger partial charge in [0.2, 0.25) is 5.91 Å². The maximum atomic E-state index is 12.2. The molecule has 0 saturated carbocycles. The van der Waals surface area contributed by atoms with Crippen molar-refractivity contribution in [1.82, 2.24) is 9.88 Å². The standard InChI is InChI=1S/C19H25N3O/c1-15-5-4-6-18(16(15)2)21-13-9-19(23)22(3)14-10-17-7-11-20-12-8-17/h4-8,11-12,21H,9-10,13-14H2,1-3H3. The molecule has 1 aromatic heterocycles. The molecule has 1 aromatic carbocycles. The Balaban J connectivity index is 1.74. The first-order valence-electron chi connectivity index (χ1n) is 8.01. The van der Waals surface area contributed by atoms with Crippen LogP contribution in [0.2, 0.25) is 0 Å². The Bertz CT molecular complexity index is 640. The van der Waals surface area contributed by atoms with Crippen LogP contribution < -0.4 is 5.32 Å². The fraction of sp³-hybridized carbons (Fsp3) is 0.368. The molecule has 2 aromatic rings. The third-order valence-electron chi connectivity index (χ3n) is 4.17. The molecule has 2 rings (SSSR count). The second-order valence-electron chi connectivity index (χ2n) is 5.85. The molecule has 0 aliphatic rings. The SMILES string of the molecule is Cc1cccc(NCCC(=O)N(C)CCc2ccncc2)c1C. The number of nitrogens with zero attached hydrogens (tertiary/aromatic N) is 2. The van der Waals surface area contributed by atoms with Crippen LogP contribution in [0.1, 0.15) is 23.1 Å². The van der Waals surface area contributed by atoms with E-state index in [1.807, 2.05) is 25.2 Å². The Kier molecular flexibility index (Phi) is 6.15. The molecule has 0 aliphatic carbocycles. The number of aryl methyl sites for hydroxylation is 1. The van der Waals surface area contributed by atoms with Gasteiger partial charge in [-0.25, -0.2) is 0 Å². The minimum absolute atomic E-state index is 0.164. The zero-order valence-corrected chi connectivity index (χ0v) is 14.2. The number of rotatable bonds is 7. The molecule has 1 N–H and O–H groups in total. The van der Waals surface area contributed by atoms with Crippen LogP contribution in [0.5, 0.6) is 0 Å². The molecule has 1 heterocycles. The van der Waals surface area contributed by atoms with Crippen molar-refractivity contribution in [2.75, 3.05) is 25.5 Å². The zero-order valence-electron chi connectivity index (χ0n) is 14.2. The molecular weight excluding hydrogens is 286 g/mol. The number of hydrogen-bond acceptors (Lipinski definition) is 3. The summed E-state index contributed by atoms with van der Waals surface area (Å²) >= 11 is 0. The van der Waals surface area contributed by atoms with Crippen LogP contribution in [0.25, 0.3) is 0 Å². The molecule has 0 bridgehead atoms. The van der Waals surface area contributed by atoms with E-state index in [1.165, 1.54) is 16.7 Å². The van der Waals surface area contributed by atoms with Crippen LogP contribution in [-0.4, -0.2) is 35.9 Å². The predicted molar refractivity (Wildman–Crippen MR) is 94.6 cm³/mol. The number of pyridine rings is 1. The minimum Gasteiger partial charge on any atom is -0.384 e. The fourth-order valence-corrected chi connectivity index (χ4v) is 2.41. The van der Waals surface area contributed by atoms with Gasteiger partial charge in [0, 0.05) is 44.6 Å². The summed E-state index contributed by atoms with van der Waals surface area (Å²) in [5, 5.41) is 3.36. The van der Waals surface area contributed by atoms with Gasteiger partial charge in [-0.05, 0) is 55.2 Å². The Morgan fingerprint density at radius 1 is 1.17 bits per heavy atom. The zero-order chi connectivity index (χ0) is 16.7. The number of carbonyl (C=O) groups is 1. The average molecular weight is 311 g/mol. The Morgan fingerprint density at radius 2 is 1.91 bits per heavy atom.